The molecule has 1 unspecified atom stereocenters. The molecule has 3 N–H and O–H groups in total. The lowest BCUT2D eigenvalue weighted by molar-refractivity contribution is 0.306. The van der Waals surface area contributed by atoms with Crippen LogP contribution in [0.1, 0.15) is 13.3 Å². The zero-order valence-corrected chi connectivity index (χ0v) is 11.5. The van der Waals surface area contributed by atoms with Crippen molar-refractivity contribution in [2.75, 3.05) is 23.2 Å². The Morgan fingerprint density at radius 1 is 1.47 bits per heavy atom. The first-order valence-electron chi connectivity index (χ1n) is 5.85. The fraction of sp³-hybridized carbons (Fsp3) is 0.417. The van der Waals surface area contributed by atoms with E-state index in [-0.39, 0.29) is 30.9 Å². The zero-order chi connectivity index (χ0) is 14.5. The summed E-state index contributed by atoms with van der Waals surface area (Å²) >= 11 is 0. The summed E-state index contributed by atoms with van der Waals surface area (Å²) in [6.45, 7) is 1.14. The number of nitriles is 1. The van der Waals surface area contributed by atoms with Crippen LogP contribution in [0.3, 0.4) is 0 Å². The Morgan fingerprint density at radius 2 is 2.11 bits per heavy atom. The van der Waals surface area contributed by atoms with Gasteiger partial charge in [0.25, 0.3) is 10.0 Å². The number of benzene rings is 1. The molecule has 1 aromatic rings. The number of para-hydroxylation sites is 2. The topological polar surface area (TPSA) is 107 Å². The summed E-state index contributed by atoms with van der Waals surface area (Å²) < 4.78 is 25.7. The number of nitrogens with two attached hydrogens (primary N) is 1. The summed E-state index contributed by atoms with van der Waals surface area (Å²) in [4.78, 5) is 0. The first-order chi connectivity index (χ1) is 8.98. The highest BCUT2D eigenvalue weighted by atomic mass is 32.2. The highest BCUT2D eigenvalue weighted by Crippen LogP contribution is 2.27. The molecular formula is C12H17N3O3S. The summed E-state index contributed by atoms with van der Waals surface area (Å²) in [5.74, 6) is 0. The quantitative estimate of drug-likeness (QED) is 0.747. The molecule has 0 aromatic heterocycles. The lowest BCUT2D eigenvalue weighted by Crippen LogP contribution is -2.40. The highest BCUT2D eigenvalue weighted by molar-refractivity contribution is 7.93. The average Bonchev–Trinajstić information content (AvgIpc) is 2.38. The number of sulfonamides is 1. The lowest BCUT2D eigenvalue weighted by Gasteiger charge is -2.26. The molecule has 0 bridgehead atoms. The minimum atomic E-state index is -3.87. The minimum absolute atomic E-state index is 0.130. The second-order valence-electron chi connectivity index (χ2n) is 3.93. The molecule has 104 valence electrons. The van der Waals surface area contributed by atoms with Gasteiger partial charge in [-0.2, -0.15) is 5.26 Å². The number of hydrogen-bond donors (Lipinski definition) is 2. The molecule has 0 radical (unpaired) electrons. The number of nitrogens with zero attached hydrogens (tertiary/aromatic N) is 2. The lowest BCUT2D eigenvalue weighted by atomic mass is 10.3. The molecule has 0 fully saturated rings. The zero-order valence-electron chi connectivity index (χ0n) is 10.7. The van der Waals surface area contributed by atoms with E-state index >= 15 is 0 Å². The van der Waals surface area contributed by atoms with Crippen LogP contribution in [0, 0.1) is 11.3 Å². The van der Waals surface area contributed by atoms with Crippen molar-refractivity contribution < 1.29 is 13.5 Å². The van der Waals surface area contributed by atoms with Crippen LogP contribution in [0.15, 0.2) is 24.3 Å². The van der Waals surface area contributed by atoms with E-state index in [2.05, 4.69) is 0 Å². The molecule has 0 saturated heterocycles. The van der Waals surface area contributed by atoms with Crippen molar-refractivity contribution >= 4 is 21.4 Å². The Kier molecular flexibility index (Phi) is 5.15. The van der Waals surface area contributed by atoms with Gasteiger partial charge in [0, 0.05) is 0 Å². The van der Waals surface area contributed by atoms with Crippen molar-refractivity contribution in [3.05, 3.63) is 24.3 Å². The summed E-state index contributed by atoms with van der Waals surface area (Å²) in [5, 5.41) is 16.8. The van der Waals surface area contributed by atoms with Gasteiger partial charge in [-0.05, 0) is 18.6 Å². The largest absolute Gasteiger partial charge is 0.397 e. The maximum Gasteiger partial charge on any atom is 0.251 e. The maximum atomic E-state index is 12.4. The molecular weight excluding hydrogens is 266 g/mol. The number of anilines is 2. The molecule has 19 heavy (non-hydrogen) atoms. The Morgan fingerprint density at radius 3 is 2.58 bits per heavy atom. The Labute approximate surface area is 113 Å². The van der Waals surface area contributed by atoms with E-state index in [1.807, 2.05) is 0 Å². The normalized spacial score (nSPS) is 12.7. The van der Waals surface area contributed by atoms with Crippen LogP contribution in [0.25, 0.3) is 0 Å². The van der Waals surface area contributed by atoms with E-state index in [4.69, 9.17) is 16.1 Å². The van der Waals surface area contributed by atoms with E-state index in [0.29, 0.717) is 0 Å². The standard InChI is InChI=1S/C12H17N3O3S/c1-2-10(9-13)19(17,18)15(7-8-16)12-6-4-3-5-11(12)14/h3-6,10,16H,2,7-8,14H2,1H3. The van der Waals surface area contributed by atoms with Crippen LogP contribution in [0.5, 0.6) is 0 Å². The maximum absolute atomic E-state index is 12.4. The van der Waals surface area contributed by atoms with Crippen LogP contribution in [-0.4, -0.2) is 31.9 Å². The predicted molar refractivity (Wildman–Crippen MR) is 73.9 cm³/mol. The van der Waals surface area contributed by atoms with Crippen LogP contribution in [-0.2, 0) is 10.0 Å². The summed E-state index contributed by atoms with van der Waals surface area (Å²) in [6.07, 6.45) is 0.174. The number of rotatable bonds is 6. The monoisotopic (exact) mass is 283 g/mol. The van der Waals surface area contributed by atoms with Gasteiger partial charge in [-0.1, -0.05) is 19.1 Å². The number of nitrogen functional groups attached to an aromatic ring is 1. The van der Waals surface area contributed by atoms with E-state index in [1.54, 1.807) is 37.3 Å². The summed E-state index contributed by atoms with van der Waals surface area (Å²) in [6, 6.07) is 8.22. The van der Waals surface area contributed by atoms with Gasteiger partial charge in [-0.25, -0.2) is 8.42 Å². The van der Waals surface area contributed by atoms with Crippen LogP contribution in [0.4, 0.5) is 11.4 Å². The molecule has 0 spiro atoms. The van der Waals surface area contributed by atoms with Gasteiger partial charge in [-0.15, -0.1) is 0 Å². The first-order valence-corrected chi connectivity index (χ1v) is 7.35. The number of aliphatic hydroxyl groups excluding tert-OH is 1. The molecule has 7 heteroatoms. The summed E-state index contributed by atoms with van der Waals surface area (Å²) in [7, 11) is -3.87. The van der Waals surface area contributed by atoms with Crippen molar-refractivity contribution in [1.29, 1.82) is 5.26 Å². The van der Waals surface area contributed by atoms with Crippen molar-refractivity contribution in [3.63, 3.8) is 0 Å². The van der Waals surface area contributed by atoms with Gasteiger partial charge in [0.1, 0.15) is 0 Å². The molecule has 1 atom stereocenters. The van der Waals surface area contributed by atoms with Crippen molar-refractivity contribution in [2.24, 2.45) is 0 Å². The van der Waals surface area contributed by atoms with Crippen LogP contribution >= 0.6 is 0 Å². The van der Waals surface area contributed by atoms with Gasteiger partial charge in [0.05, 0.1) is 30.6 Å². The van der Waals surface area contributed by atoms with Gasteiger partial charge in [-0.3, -0.25) is 4.31 Å². The molecule has 6 nitrogen and oxygen atoms in total. The van der Waals surface area contributed by atoms with E-state index in [9.17, 15) is 8.42 Å². The van der Waals surface area contributed by atoms with E-state index in [0.717, 1.165) is 4.31 Å². The summed E-state index contributed by atoms with van der Waals surface area (Å²) in [5.41, 5.74) is 6.33. The Bertz CT molecular complexity index is 566. The van der Waals surface area contributed by atoms with Crippen molar-refractivity contribution in [2.45, 2.75) is 18.6 Å². The smallest absolute Gasteiger partial charge is 0.251 e. The Balaban J connectivity index is 3.30. The van der Waals surface area contributed by atoms with E-state index < -0.39 is 15.3 Å². The molecule has 1 rings (SSSR count). The van der Waals surface area contributed by atoms with Crippen molar-refractivity contribution in [1.82, 2.24) is 0 Å². The minimum Gasteiger partial charge on any atom is -0.397 e. The van der Waals surface area contributed by atoms with Gasteiger partial charge in [0.15, 0.2) is 5.25 Å². The second kappa shape index (κ2) is 6.41. The van der Waals surface area contributed by atoms with Gasteiger partial charge in [0.2, 0.25) is 0 Å². The molecule has 0 saturated carbocycles. The third kappa shape index (κ3) is 3.16. The second-order valence-corrected chi connectivity index (χ2v) is 5.97. The van der Waals surface area contributed by atoms with Crippen molar-refractivity contribution in [3.8, 4) is 6.07 Å². The fourth-order valence-electron chi connectivity index (χ4n) is 1.71. The first kappa shape index (κ1) is 15.3. The Hall–Kier alpha value is -1.78. The third-order valence-corrected chi connectivity index (χ3v) is 4.84. The molecule has 1 aromatic carbocycles. The molecule has 0 aliphatic heterocycles. The number of aliphatic hydroxyl groups is 1. The fourth-order valence-corrected chi connectivity index (χ4v) is 3.35. The van der Waals surface area contributed by atoms with Gasteiger partial charge < -0.3 is 10.8 Å². The van der Waals surface area contributed by atoms with Crippen LogP contribution in [0.2, 0.25) is 0 Å². The molecule has 0 aliphatic rings. The predicted octanol–water partition coefficient (Wildman–Crippen LogP) is 0.699. The third-order valence-electron chi connectivity index (χ3n) is 2.69. The molecule has 0 amide bonds. The van der Waals surface area contributed by atoms with Gasteiger partial charge >= 0.3 is 0 Å². The number of hydrogen-bond acceptors (Lipinski definition) is 5. The SMILES string of the molecule is CCC(C#N)S(=O)(=O)N(CCO)c1ccccc1N. The average molecular weight is 283 g/mol. The molecule has 0 aliphatic carbocycles. The van der Waals surface area contributed by atoms with E-state index in [1.165, 1.54) is 0 Å². The highest BCUT2D eigenvalue weighted by Gasteiger charge is 2.31. The molecule has 0 heterocycles. The van der Waals surface area contributed by atoms with Crippen LogP contribution < -0.4 is 10.0 Å².